The summed E-state index contributed by atoms with van der Waals surface area (Å²) in [7, 11) is 0. The third-order valence-corrected chi connectivity index (χ3v) is 7.89. The summed E-state index contributed by atoms with van der Waals surface area (Å²) in [5, 5.41) is 11.4. The molecule has 2 aromatic rings. The van der Waals surface area contributed by atoms with Crippen LogP contribution in [-0.4, -0.2) is 23.3 Å². The van der Waals surface area contributed by atoms with Crippen LogP contribution >= 0.6 is 0 Å². The number of halogens is 3. The van der Waals surface area contributed by atoms with Crippen LogP contribution in [0.1, 0.15) is 110 Å². The fraction of sp³-hybridized carbons (Fsp3) is 0.607. The van der Waals surface area contributed by atoms with Gasteiger partial charge in [-0.2, -0.15) is 13.2 Å². The number of hydrogen-bond acceptors (Lipinski definition) is 4. The van der Waals surface area contributed by atoms with E-state index in [-0.39, 0.29) is 11.3 Å². The predicted octanol–water partition coefficient (Wildman–Crippen LogP) is 6.66. The highest BCUT2D eigenvalue weighted by molar-refractivity contribution is 5.55. The van der Waals surface area contributed by atoms with Crippen molar-refractivity contribution in [3.63, 3.8) is 0 Å². The molecule has 7 heteroatoms. The number of pyridine rings is 1. The second kappa shape index (κ2) is 8.29. The normalized spacial score (nSPS) is 25.1. The van der Waals surface area contributed by atoms with E-state index in [9.17, 15) is 18.3 Å². The summed E-state index contributed by atoms with van der Waals surface area (Å²) in [5.41, 5.74) is 4.53. The summed E-state index contributed by atoms with van der Waals surface area (Å²) < 4.78 is 52.7. The Balaban J connectivity index is 1.77. The van der Waals surface area contributed by atoms with E-state index in [0.29, 0.717) is 38.0 Å². The van der Waals surface area contributed by atoms with E-state index >= 15 is 0 Å². The van der Waals surface area contributed by atoms with Crippen molar-refractivity contribution in [3.05, 3.63) is 63.0 Å². The van der Waals surface area contributed by atoms with Gasteiger partial charge in [-0.15, -0.1) is 0 Å². The molecule has 1 saturated heterocycles. The van der Waals surface area contributed by atoms with Gasteiger partial charge in [-0.25, -0.2) is 0 Å². The molecule has 2 unspecified atom stereocenters. The molecule has 35 heavy (non-hydrogen) atoms. The standard InChI is InChI=1S/C28H34F3NO3/c1-15(2)24-22-23(21-19(32-24)13-26(4,5)14-20(21)33)27(8-10-34-11-9-27)35-25(22)18-7-6-17(12-16(18)3)28(29,30)31/h6-7,12,15,20,25,33H,8-11,13-14H2,1-5H3. The molecular weight excluding hydrogens is 455 g/mol. The molecule has 1 aliphatic carbocycles. The lowest BCUT2D eigenvalue weighted by molar-refractivity contribution is -0.137. The molecule has 1 aromatic heterocycles. The van der Waals surface area contributed by atoms with Crippen molar-refractivity contribution >= 4 is 0 Å². The third kappa shape index (κ3) is 4.09. The predicted molar refractivity (Wildman–Crippen MR) is 126 cm³/mol. The van der Waals surface area contributed by atoms with Gasteiger partial charge in [0.05, 0.1) is 17.3 Å². The minimum atomic E-state index is -4.40. The molecule has 2 atom stereocenters. The fourth-order valence-electron chi connectivity index (χ4n) is 6.30. The number of aromatic nitrogens is 1. The van der Waals surface area contributed by atoms with Crippen molar-refractivity contribution in [1.29, 1.82) is 0 Å². The molecule has 1 spiro atoms. The lowest BCUT2D eigenvalue weighted by atomic mass is 9.70. The van der Waals surface area contributed by atoms with E-state index in [1.807, 2.05) is 0 Å². The van der Waals surface area contributed by atoms with Gasteiger partial charge in [0.2, 0.25) is 0 Å². The van der Waals surface area contributed by atoms with Crippen LogP contribution in [0.5, 0.6) is 0 Å². The largest absolute Gasteiger partial charge is 0.416 e. The number of fused-ring (bicyclic) bond motifs is 4. The zero-order valence-corrected chi connectivity index (χ0v) is 21.1. The number of nitrogens with zero attached hydrogens (tertiary/aromatic N) is 1. The number of aliphatic hydroxyl groups excluding tert-OH is 1. The first-order chi connectivity index (χ1) is 16.3. The van der Waals surface area contributed by atoms with Gasteiger partial charge < -0.3 is 14.6 Å². The van der Waals surface area contributed by atoms with Crippen LogP contribution in [0.4, 0.5) is 13.2 Å². The molecule has 0 bridgehead atoms. The van der Waals surface area contributed by atoms with Gasteiger partial charge in [-0.05, 0) is 59.9 Å². The first-order valence-corrected chi connectivity index (χ1v) is 12.5. The zero-order valence-electron chi connectivity index (χ0n) is 21.1. The van der Waals surface area contributed by atoms with Crippen molar-refractivity contribution in [3.8, 4) is 0 Å². The van der Waals surface area contributed by atoms with Crippen LogP contribution in [0.15, 0.2) is 18.2 Å². The third-order valence-electron chi connectivity index (χ3n) is 7.89. The van der Waals surface area contributed by atoms with Gasteiger partial charge >= 0.3 is 6.18 Å². The Morgan fingerprint density at radius 2 is 1.80 bits per heavy atom. The summed E-state index contributed by atoms with van der Waals surface area (Å²) in [6.07, 6.45) is -2.93. The van der Waals surface area contributed by atoms with Crippen molar-refractivity contribution < 1.29 is 27.8 Å². The lowest BCUT2D eigenvalue weighted by Gasteiger charge is -2.40. The minimum absolute atomic E-state index is 0.0758. The van der Waals surface area contributed by atoms with Gasteiger partial charge in [0.1, 0.15) is 6.10 Å². The summed E-state index contributed by atoms with van der Waals surface area (Å²) in [5.74, 6) is 0.0899. The van der Waals surface area contributed by atoms with E-state index in [0.717, 1.165) is 46.1 Å². The van der Waals surface area contributed by atoms with E-state index in [4.69, 9.17) is 14.5 Å². The van der Waals surface area contributed by atoms with Gasteiger partial charge in [-0.3, -0.25) is 4.98 Å². The van der Waals surface area contributed by atoms with Crippen molar-refractivity contribution in [2.24, 2.45) is 5.41 Å². The van der Waals surface area contributed by atoms with Crippen LogP contribution in [0.25, 0.3) is 0 Å². The lowest BCUT2D eigenvalue weighted by Crippen LogP contribution is -2.37. The van der Waals surface area contributed by atoms with Crippen LogP contribution in [0.2, 0.25) is 0 Å². The van der Waals surface area contributed by atoms with Crippen LogP contribution < -0.4 is 0 Å². The van der Waals surface area contributed by atoms with Crippen LogP contribution in [-0.2, 0) is 27.7 Å². The first-order valence-electron chi connectivity index (χ1n) is 12.5. The molecule has 3 aliphatic rings. The summed E-state index contributed by atoms with van der Waals surface area (Å²) >= 11 is 0. The second-order valence-electron chi connectivity index (χ2n) is 11.5. The number of ether oxygens (including phenoxy) is 2. The average molecular weight is 490 g/mol. The van der Waals surface area contributed by atoms with Crippen molar-refractivity contribution in [2.75, 3.05) is 13.2 Å². The Bertz CT molecular complexity index is 1150. The van der Waals surface area contributed by atoms with Gasteiger partial charge in [-0.1, -0.05) is 33.8 Å². The van der Waals surface area contributed by atoms with Gasteiger partial charge in [0.25, 0.3) is 0 Å². The molecule has 3 heterocycles. The zero-order chi connectivity index (χ0) is 25.3. The number of hydrogen-bond donors (Lipinski definition) is 1. The molecular formula is C28H34F3NO3. The first kappa shape index (κ1) is 24.7. The number of alkyl halides is 3. The number of aliphatic hydroxyl groups is 1. The molecule has 1 aromatic carbocycles. The second-order valence-corrected chi connectivity index (χ2v) is 11.5. The van der Waals surface area contributed by atoms with E-state index in [1.165, 1.54) is 6.07 Å². The van der Waals surface area contributed by atoms with Gasteiger partial charge in [0.15, 0.2) is 0 Å². The number of rotatable bonds is 2. The molecule has 2 aliphatic heterocycles. The van der Waals surface area contributed by atoms with E-state index in [2.05, 4.69) is 27.7 Å². The monoisotopic (exact) mass is 489 g/mol. The molecule has 0 saturated carbocycles. The maximum Gasteiger partial charge on any atom is 0.416 e. The Kier molecular flexibility index (Phi) is 5.85. The molecule has 1 fully saturated rings. The summed E-state index contributed by atoms with van der Waals surface area (Å²) in [4.78, 5) is 5.12. The molecule has 1 N–H and O–H groups in total. The highest BCUT2D eigenvalue weighted by atomic mass is 19.4. The van der Waals surface area contributed by atoms with Gasteiger partial charge in [0, 0.05) is 48.6 Å². The van der Waals surface area contributed by atoms with E-state index in [1.54, 1.807) is 13.0 Å². The van der Waals surface area contributed by atoms with Crippen molar-refractivity contribution in [2.45, 2.75) is 90.2 Å². The maximum atomic E-state index is 13.4. The SMILES string of the molecule is Cc1cc(C(F)(F)F)ccc1C1OC2(CCOCC2)c2c3c(nc(C(C)C)c21)CC(C)(C)CC3O. The maximum absolute atomic E-state index is 13.4. The Morgan fingerprint density at radius 1 is 1.11 bits per heavy atom. The fourth-order valence-corrected chi connectivity index (χ4v) is 6.30. The molecule has 5 rings (SSSR count). The van der Waals surface area contributed by atoms with Crippen LogP contribution in [0.3, 0.4) is 0 Å². The number of benzene rings is 1. The minimum Gasteiger partial charge on any atom is -0.388 e. The van der Waals surface area contributed by atoms with Crippen LogP contribution in [0, 0.1) is 12.3 Å². The Hall–Kier alpha value is -1.96. The summed E-state index contributed by atoms with van der Waals surface area (Å²) in [6, 6.07) is 3.89. The highest BCUT2D eigenvalue weighted by Gasteiger charge is 2.52. The quantitative estimate of drug-likeness (QED) is 0.512. The van der Waals surface area contributed by atoms with Crippen molar-refractivity contribution in [1.82, 2.24) is 4.98 Å². The Labute approximate surface area is 204 Å². The summed E-state index contributed by atoms with van der Waals surface area (Å²) in [6.45, 7) is 11.3. The molecule has 0 amide bonds. The topological polar surface area (TPSA) is 51.6 Å². The smallest absolute Gasteiger partial charge is 0.388 e. The molecule has 190 valence electrons. The Morgan fingerprint density at radius 3 is 2.40 bits per heavy atom. The highest BCUT2D eigenvalue weighted by Crippen LogP contribution is 2.58. The molecule has 4 nitrogen and oxygen atoms in total. The van der Waals surface area contributed by atoms with E-state index < -0.39 is 29.5 Å². The molecule has 0 radical (unpaired) electrons. The number of aryl methyl sites for hydroxylation is 1. The average Bonchev–Trinajstić information content (AvgIpc) is 3.05.